The SMILES string of the molecule is CC(=O)O[C@H]1C[C@]2(O)[C@@H]3CC[C@@H]4C[C@@H](O)CC[C@]4(C)[C@H]3C[C@@H](O)[C@]2(C)[C@H]1C1=CC(=O)OC1. The molecule has 5 aliphatic rings. The van der Waals surface area contributed by atoms with E-state index in [2.05, 4.69) is 6.92 Å². The second kappa shape index (κ2) is 7.28. The lowest BCUT2D eigenvalue weighted by molar-refractivity contribution is -0.245. The zero-order valence-electron chi connectivity index (χ0n) is 19.3. The minimum atomic E-state index is -1.23. The maximum atomic E-state index is 12.4. The molecular formula is C25H36O7. The highest BCUT2D eigenvalue weighted by molar-refractivity contribution is 5.85. The molecule has 0 bridgehead atoms. The van der Waals surface area contributed by atoms with E-state index in [1.165, 1.54) is 13.0 Å². The molecule has 1 heterocycles. The first-order valence-electron chi connectivity index (χ1n) is 12.1. The number of cyclic esters (lactones) is 1. The maximum Gasteiger partial charge on any atom is 0.331 e. The van der Waals surface area contributed by atoms with Crippen LogP contribution < -0.4 is 0 Å². The smallest absolute Gasteiger partial charge is 0.331 e. The molecule has 0 aromatic heterocycles. The van der Waals surface area contributed by atoms with Crippen molar-refractivity contribution in [1.29, 1.82) is 0 Å². The monoisotopic (exact) mass is 448 g/mol. The number of fused-ring (bicyclic) bond motifs is 5. The van der Waals surface area contributed by atoms with E-state index in [0.717, 1.165) is 32.1 Å². The number of hydrogen-bond donors (Lipinski definition) is 3. The lowest BCUT2D eigenvalue weighted by Gasteiger charge is -2.64. The van der Waals surface area contributed by atoms with Crippen molar-refractivity contribution in [1.82, 2.24) is 0 Å². The van der Waals surface area contributed by atoms with Crippen LogP contribution in [0.4, 0.5) is 0 Å². The van der Waals surface area contributed by atoms with Gasteiger partial charge in [0.1, 0.15) is 12.7 Å². The molecule has 0 aromatic carbocycles. The molecule has 4 saturated carbocycles. The molecule has 0 radical (unpaired) electrons. The van der Waals surface area contributed by atoms with Crippen molar-refractivity contribution in [3.8, 4) is 0 Å². The predicted octanol–water partition coefficient (Wildman–Crippen LogP) is 2.12. The minimum absolute atomic E-state index is 0.0333. The summed E-state index contributed by atoms with van der Waals surface area (Å²) in [5.74, 6) is -0.851. The van der Waals surface area contributed by atoms with Gasteiger partial charge in [-0.3, -0.25) is 4.79 Å². The van der Waals surface area contributed by atoms with E-state index in [4.69, 9.17) is 9.47 Å². The molecule has 10 atom stereocenters. The molecule has 7 nitrogen and oxygen atoms in total. The van der Waals surface area contributed by atoms with Crippen molar-refractivity contribution >= 4 is 11.9 Å². The summed E-state index contributed by atoms with van der Waals surface area (Å²) >= 11 is 0. The van der Waals surface area contributed by atoms with Crippen LogP contribution in [0.2, 0.25) is 0 Å². The fourth-order valence-electron chi connectivity index (χ4n) is 8.73. The van der Waals surface area contributed by atoms with Crippen LogP contribution in [-0.2, 0) is 19.1 Å². The van der Waals surface area contributed by atoms with Gasteiger partial charge in [-0.25, -0.2) is 4.79 Å². The summed E-state index contributed by atoms with van der Waals surface area (Å²) in [5, 5.41) is 34.3. The second-order valence-corrected chi connectivity index (χ2v) is 11.5. The summed E-state index contributed by atoms with van der Waals surface area (Å²) in [4.78, 5) is 23.8. The van der Waals surface area contributed by atoms with Crippen molar-refractivity contribution < 1.29 is 34.4 Å². The van der Waals surface area contributed by atoms with Crippen molar-refractivity contribution in [2.75, 3.05) is 6.61 Å². The van der Waals surface area contributed by atoms with E-state index in [9.17, 15) is 24.9 Å². The number of aliphatic hydroxyl groups is 3. The third kappa shape index (κ3) is 2.90. The van der Waals surface area contributed by atoms with Gasteiger partial charge in [0.2, 0.25) is 0 Å². The third-order valence-electron chi connectivity index (χ3n) is 10.3. The molecule has 178 valence electrons. The van der Waals surface area contributed by atoms with Gasteiger partial charge in [-0.15, -0.1) is 0 Å². The molecule has 0 unspecified atom stereocenters. The van der Waals surface area contributed by atoms with Crippen molar-refractivity contribution in [2.24, 2.45) is 34.5 Å². The van der Waals surface area contributed by atoms with Crippen LogP contribution in [-0.4, -0.2) is 57.8 Å². The number of rotatable bonds is 2. The largest absolute Gasteiger partial charge is 0.462 e. The van der Waals surface area contributed by atoms with Gasteiger partial charge in [0, 0.05) is 30.8 Å². The van der Waals surface area contributed by atoms with E-state index >= 15 is 0 Å². The van der Waals surface area contributed by atoms with Gasteiger partial charge >= 0.3 is 11.9 Å². The molecule has 4 fully saturated rings. The Morgan fingerprint density at radius 1 is 1.16 bits per heavy atom. The summed E-state index contributed by atoms with van der Waals surface area (Å²) in [6.45, 7) is 5.65. The summed E-state index contributed by atoms with van der Waals surface area (Å²) < 4.78 is 10.9. The Bertz CT molecular complexity index is 853. The Morgan fingerprint density at radius 2 is 1.91 bits per heavy atom. The van der Waals surface area contributed by atoms with Gasteiger partial charge < -0.3 is 24.8 Å². The van der Waals surface area contributed by atoms with Gasteiger partial charge in [0.05, 0.1) is 17.8 Å². The van der Waals surface area contributed by atoms with Crippen LogP contribution in [0.3, 0.4) is 0 Å². The van der Waals surface area contributed by atoms with E-state index in [-0.39, 0.29) is 36.4 Å². The third-order valence-corrected chi connectivity index (χ3v) is 10.3. The topological polar surface area (TPSA) is 113 Å². The van der Waals surface area contributed by atoms with Gasteiger partial charge in [-0.1, -0.05) is 13.8 Å². The fourth-order valence-corrected chi connectivity index (χ4v) is 8.73. The first-order valence-corrected chi connectivity index (χ1v) is 12.1. The Kier molecular flexibility index (Phi) is 5.08. The average Bonchev–Trinajstić information content (AvgIpc) is 3.22. The number of ether oxygens (including phenoxy) is 2. The number of aliphatic hydroxyl groups excluding tert-OH is 2. The number of carbonyl (C=O) groups excluding carboxylic acids is 2. The quantitative estimate of drug-likeness (QED) is 0.555. The van der Waals surface area contributed by atoms with Crippen molar-refractivity contribution in [3.05, 3.63) is 11.6 Å². The van der Waals surface area contributed by atoms with Crippen LogP contribution in [0.25, 0.3) is 0 Å². The summed E-state index contributed by atoms with van der Waals surface area (Å²) in [6, 6.07) is 0. The van der Waals surface area contributed by atoms with Gasteiger partial charge in [-0.05, 0) is 67.3 Å². The molecule has 0 amide bonds. The molecular weight excluding hydrogens is 412 g/mol. The number of carbonyl (C=O) groups is 2. The Hall–Kier alpha value is -1.44. The van der Waals surface area contributed by atoms with Crippen LogP contribution >= 0.6 is 0 Å². The molecule has 32 heavy (non-hydrogen) atoms. The number of hydrogen-bond acceptors (Lipinski definition) is 7. The minimum Gasteiger partial charge on any atom is -0.462 e. The van der Waals surface area contributed by atoms with Crippen molar-refractivity contribution in [3.63, 3.8) is 0 Å². The molecule has 0 spiro atoms. The summed E-state index contributed by atoms with van der Waals surface area (Å²) in [5.41, 5.74) is -1.53. The van der Waals surface area contributed by atoms with Gasteiger partial charge in [0.25, 0.3) is 0 Å². The highest BCUT2D eigenvalue weighted by Gasteiger charge is 2.73. The first-order chi connectivity index (χ1) is 15.0. The highest BCUT2D eigenvalue weighted by Crippen LogP contribution is 2.70. The molecule has 4 aliphatic carbocycles. The lowest BCUT2D eigenvalue weighted by Crippen LogP contribution is -2.67. The van der Waals surface area contributed by atoms with Crippen molar-refractivity contribution in [2.45, 2.75) is 89.6 Å². The number of esters is 2. The van der Waals surface area contributed by atoms with Crippen LogP contribution in [0, 0.1) is 34.5 Å². The van der Waals surface area contributed by atoms with Crippen LogP contribution in [0.5, 0.6) is 0 Å². The normalized spacial score (nSPS) is 52.4. The fraction of sp³-hybridized carbons (Fsp3) is 0.840. The highest BCUT2D eigenvalue weighted by atomic mass is 16.5. The second-order valence-electron chi connectivity index (χ2n) is 11.5. The van der Waals surface area contributed by atoms with Crippen LogP contribution in [0.1, 0.15) is 65.7 Å². The Morgan fingerprint density at radius 3 is 2.56 bits per heavy atom. The van der Waals surface area contributed by atoms with E-state index in [1.807, 2.05) is 6.92 Å². The van der Waals surface area contributed by atoms with Gasteiger partial charge in [0.15, 0.2) is 0 Å². The van der Waals surface area contributed by atoms with Crippen LogP contribution in [0.15, 0.2) is 11.6 Å². The Labute approximate surface area is 189 Å². The van der Waals surface area contributed by atoms with E-state index in [0.29, 0.717) is 17.9 Å². The molecule has 0 saturated heterocycles. The molecule has 5 rings (SSSR count). The zero-order valence-corrected chi connectivity index (χ0v) is 19.3. The zero-order chi connectivity index (χ0) is 23.1. The summed E-state index contributed by atoms with van der Waals surface area (Å²) in [6.07, 6.45) is 4.78. The maximum absolute atomic E-state index is 12.4. The Balaban J connectivity index is 1.57. The molecule has 0 aromatic rings. The standard InChI is InChI=1S/C25H36O7/c1-13(26)32-19-11-25(30)17-5-4-15-9-16(27)6-7-23(15,2)18(17)10-20(28)24(25,3)22(19)14-8-21(29)31-12-14/h8,15-20,22,27-28,30H,4-7,9-12H2,1-3H3/t15-,16+,17-,18+,19+,20-,22+,23+,24-,25+/m1/s1. The first kappa shape index (κ1) is 22.4. The predicted molar refractivity (Wildman–Crippen MR) is 114 cm³/mol. The lowest BCUT2D eigenvalue weighted by atomic mass is 9.42. The van der Waals surface area contributed by atoms with E-state index < -0.39 is 41.1 Å². The van der Waals surface area contributed by atoms with Gasteiger partial charge in [-0.2, -0.15) is 0 Å². The molecule has 1 aliphatic heterocycles. The molecule has 7 heteroatoms. The summed E-state index contributed by atoms with van der Waals surface area (Å²) in [7, 11) is 0. The van der Waals surface area contributed by atoms with E-state index in [1.54, 1.807) is 0 Å². The molecule has 3 N–H and O–H groups in total. The average molecular weight is 449 g/mol.